The number of hydrogen-bond acceptors (Lipinski definition) is 3. The Bertz CT molecular complexity index is 809. The first-order valence-electron chi connectivity index (χ1n) is 5.91. The fourth-order valence-corrected chi connectivity index (χ4v) is 2.32. The van der Waals surface area contributed by atoms with Crippen molar-refractivity contribution < 1.29 is 9.90 Å². The number of nitrogens with zero attached hydrogens (tertiary/aromatic N) is 3. The summed E-state index contributed by atoms with van der Waals surface area (Å²) in [6.45, 7) is 1.87. The van der Waals surface area contributed by atoms with Crippen molar-refractivity contribution in [2.75, 3.05) is 0 Å². The van der Waals surface area contributed by atoms with Gasteiger partial charge in [-0.2, -0.15) is 9.73 Å². The number of carbonyl (C=O) groups is 1. The summed E-state index contributed by atoms with van der Waals surface area (Å²) in [5.74, 6) is -1.01. The molecule has 5 nitrogen and oxygen atoms in total. The number of hydrogen-bond donors (Lipinski definition) is 1. The Morgan fingerprint density at radius 3 is 2.65 bits per heavy atom. The number of aromatic nitrogens is 3. The minimum Gasteiger partial charge on any atom is -0.478 e. The van der Waals surface area contributed by atoms with E-state index in [1.54, 1.807) is 12.3 Å². The van der Waals surface area contributed by atoms with Gasteiger partial charge < -0.3 is 5.11 Å². The average Bonchev–Trinajstić information content (AvgIpc) is 2.78. The molecule has 1 aromatic carbocycles. The maximum Gasteiger partial charge on any atom is 0.340 e. The van der Waals surface area contributed by atoms with E-state index in [9.17, 15) is 9.90 Å². The molecule has 0 saturated carbocycles. The van der Waals surface area contributed by atoms with Crippen LogP contribution < -0.4 is 0 Å². The number of carboxylic acid groups (broad SMARTS) is 1. The summed E-state index contributed by atoms with van der Waals surface area (Å²) in [6.07, 6.45) is 1.65. The van der Waals surface area contributed by atoms with Gasteiger partial charge in [0.25, 0.3) is 0 Å². The van der Waals surface area contributed by atoms with E-state index in [2.05, 4.69) is 26.1 Å². The highest BCUT2D eigenvalue weighted by molar-refractivity contribution is 9.10. The maximum atomic E-state index is 11.6. The molecule has 20 heavy (non-hydrogen) atoms. The first-order valence-corrected chi connectivity index (χ1v) is 6.70. The maximum absolute atomic E-state index is 11.6. The molecule has 2 heterocycles. The number of aromatic carboxylic acids is 1. The second-order valence-electron chi connectivity index (χ2n) is 4.44. The van der Waals surface area contributed by atoms with Gasteiger partial charge in [-0.15, -0.1) is 5.10 Å². The van der Waals surface area contributed by atoms with Gasteiger partial charge in [-0.25, -0.2) is 4.79 Å². The van der Waals surface area contributed by atoms with Crippen molar-refractivity contribution in [3.8, 4) is 11.3 Å². The van der Waals surface area contributed by atoms with Gasteiger partial charge in [0.1, 0.15) is 16.8 Å². The predicted octanol–water partition coefficient (Wildman–Crippen LogP) is 3.17. The largest absolute Gasteiger partial charge is 0.478 e. The van der Waals surface area contributed by atoms with Crippen molar-refractivity contribution in [3.63, 3.8) is 0 Å². The van der Waals surface area contributed by atoms with Gasteiger partial charge in [0.05, 0.1) is 6.20 Å². The molecule has 0 aliphatic rings. The standard InChI is InChI=1S/C14H10BrN3O2/c1-8-6-11-12(14(19)20)13(17-18(11)16-7-8)9-2-4-10(15)5-3-9/h2-7H,1H3,(H,19,20). The summed E-state index contributed by atoms with van der Waals surface area (Å²) >= 11 is 3.36. The van der Waals surface area contributed by atoms with E-state index in [-0.39, 0.29) is 5.56 Å². The Labute approximate surface area is 123 Å². The van der Waals surface area contributed by atoms with Gasteiger partial charge in [0.15, 0.2) is 0 Å². The summed E-state index contributed by atoms with van der Waals surface area (Å²) in [5.41, 5.74) is 2.72. The fourth-order valence-electron chi connectivity index (χ4n) is 2.06. The summed E-state index contributed by atoms with van der Waals surface area (Å²) in [4.78, 5) is 11.6. The van der Waals surface area contributed by atoms with Crippen LogP contribution in [0.15, 0.2) is 41.0 Å². The Hall–Kier alpha value is -2.21. The molecule has 0 atom stereocenters. The van der Waals surface area contributed by atoms with Crippen LogP contribution in [0.1, 0.15) is 15.9 Å². The number of fused-ring (bicyclic) bond motifs is 1. The zero-order valence-corrected chi connectivity index (χ0v) is 12.1. The van der Waals surface area contributed by atoms with Crippen LogP contribution in [0, 0.1) is 6.92 Å². The highest BCUT2D eigenvalue weighted by atomic mass is 79.9. The van der Waals surface area contributed by atoms with E-state index in [4.69, 9.17) is 0 Å². The van der Waals surface area contributed by atoms with Crippen molar-refractivity contribution in [2.24, 2.45) is 0 Å². The molecule has 0 aliphatic heterocycles. The highest BCUT2D eigenvalue weighted by Gasteiger charge is 2.21. The second-order valence-corrected chi connectivity index (χ2v) is 5.36. The van der Waals surface area contributed by atoms with E-state index >= 15 is 0 Å². The van der Waals surface area contributed by atoms with E-state index in [1.807, 2.05) is 31.2 Å². The quantitative estimate of drug-likeness (QED) is 0.783. The van der Waals surface area contributed by atoms with Gasteiger partial charge in [-0.1, -0.05) is 28.1 Å². The molecule has 0 bridgehead atoms. The minimum absolute atomic E-state index is 0.170. The number of aryl methyl sites for hydroxylation is 1. The lowest BCUT2D eigenvalue weighted by Crippen LogP contribution is -1.98. The number of rotatable bonds is 2. The Morgan fingerprint density at radius 1 is 1.30 bits per heavy atom. The molecule has 100 valence electrons. The lowest BCUT2D eigenvalue weighted by Gasteiger charge is -1.99. The van der Waals surface area contributed by atoms with E-state index in [0.717, 1.165) is 15.6 Å². The minimum atomic E-state index is -1.01. The summed E-state index contributed by atoms with van der Waals surface area (Å²) in [6, 6.07) is 9.12. The molecule has 3 aromatic rings. The Morgan fingerprint density at radius 2 is 2.00 bits per heavy atom. The van der Waals surface area contributed by atoms with Crippen LogP contribution in [0.2, 0.25) is 0 Å². The van der Waals surface area contributed by atoms with Crippen molar-refractivity contribution in [2.45, 2.75) is 6.92 Å². The third kappa shape index (κ3) is 2.08. The zero-order valence-electron chi connectivity index (χ0n) is 10.5. The molecule has 2 aromatic heterocycles. The third-order valence-electron chi connectivity index (χ3n) is 2.97. The summed E-state index contributed by atoms with van der Waals surface area (Å²) in [5, 5.41) is 17.9. The normalized spacial score (nSPS) is 10.9. The molecule has 0 fully saturated rings. The molecule has 6 heteroatoms. The number of carboxylic acids is 1. The van der Waals surface area contributed by atoms with Crippen LogP contribution in [0.3, 0.4) is 0 Å². The average molecular weight is 332 g/mol. The molecule has 1 N–H and O–H groups in total. The first-order chi connectivity index (χ1) is 9.56. The highest BCUT2D eigenvalue weighted by Crippen LogP contribution is 2.27. The van der Waals surface area contributed by atoms with Gasteiger partial charge >= 0.3 is 5.97 Å². The molecule has 0 aliphatic carbocycles. The van der Waals surface area contributed by atoms with Crippen LogP contribution in [-0.2, 0) is 0 Å². The van der Waals surface area contributed by atoms with Crippen molar-refractivity contribution in [1.82, 2.24) is 14.8 Å². The van der Waals surface area contributed by atoms with Gasteiger partial charge in [-0.05, 0) is 30.7 Å². The van der Waals surface area contributed by atoms with E-state index < -0.39 is 5.97 Å². The van der Waals surface area contributed by atoms with Gasteiger partial charge in [0, 0.05) is 10.0 Å². The molecular weight excluding hydrogens is 322 g/mol. The van der Waals surface area contributed by atoms with Crippen LogP contribution in [-0.4, -0.2) is 25.9 Å². The topological polar surface area (TPSA) is 67.5 Å². The fraction of sp³-hybridized carbons (Fsp3) is 0.0714. The number of halogens is 1. The Balaban J connectivity index is 2.32. The first kappa shape index (κ1) is 12.8. The van der Waals surface area contributed by atoms with Crippen LogP contribution in [0.4, 0.5) is 0 Å². The third-order valence-corrected chi connectivity index (χ3v) is 3.50. The molecule has 0 radical (unpaired) electrons. The molecular formula is C14H10BrN3O2. The second kappa shape index (κ2) is 4.72. The van der Waals surface area contributed by atoms with Crippen molar-refractivity contribution in [3.05, 3.63) is 52.1 Å². The van der Waals surface area contributed by atoms with Gasteiger partial charge in [0.2, 0.25) is 0 Å². The predicted molar refractivity (Wildman–Crippen MR) is 77.8 cm³/mol. The molecule has 3 rings (SSSR count). The van der Waals surface area contributed by atoms with Crippen LogP contribution in [0.25, 0.3) is 16.8 Å². The van der Waals surface area contributed by atoms with E-state index in [1.165, 1.54) is 4.63 Å². The molecule has 0 saturated heterocycles. The van der Waals surface area contributed by atoms with Gasteiger partial charge in [-0.3, -0.25) is 0 Å². The van der Waals surface area contributed by atoms with Crippen molar-refractivity contribution in [1.29, 1.82) is 0 Å². The molecule has 0 spiro atoms. The van der Waals surface area contributed by atoms with Crippen molar-refractivity contribution >= 4 is 27.4 Å². The van der Waals surface area contributed by atoms with Crippen LogP contribution in [0.5, 0.6) is 0 Å². The van der Waals surface area contributed by atoms with Crippen LogP contribution >= 0.6 is 15.9 Å². The lowest BCUT2D eigenvalue weighted by atomic mass is 10.1. The lowest BCUT2D eigenvalue weighted by molar-refractivity contribution is 0.0700. The Kier molecular flexibility index (Phi) is 3.02. The van der Waals surface area contributed by atoms with E-state index in [0.29, 0.717) is 11.2 Å². The molecule has 0 amide bonds. The SMILES string of the molecule is Cc1cnn2nc(-c3ccc(Br)cc3)c(C(=O)O)c2c1. The zero-order chi connectivity index (χ0) is 14.3. The number of benzene rings is 1. The molecule has 0 unspecified atom stereocenters. The summed E-state index contributed by atoms with van der Waals surface area (Å²) in [7, 11) is 0. The smallest absolute Gasteiger partial charge is 0.340 e. The summed E-state index contributed by atoms with van der Waals surface area (Å²) < 4.78 is 2.28. The monoisotopic (exact) mass is 331 g/mol.